The van der Waals surface area contributed by atoms with Gasteiger partial charge in [0.1, 0.15) is 5.75 Å². The minimum Gasteiger partial charge on any atom is -0.496 e. The zero-order valence-corrected chi connectivity index (χ0v) is 14.7. The highest BCUT2D eigenvalue weighted by Gasteiger charge is 2.10. The topological polar surface area (TPSA) is 41.5 Å². The van der Waals surface area contributed by atoms with E-state index in [4.69, 9.17) is 9.84 Å². The Morgan fingerprint density at radius 3 is 2.62 bits per heavy atom. The van der Waals surface area contributed by atoms with E-state index in [2.05, 4.69) is 45.1 Å². The quantitative estimate of drug-likeness (QED) is 0.771. The molecule has 0 bridgehead atoms. The fourth-order valence-corrected chi connectivity index (χ4v) is 2.92. The van der Waals surface area contributed by atoms with Crippen molar-refractivity contribution in [3.8, 4) is 5.75 Å². The minimum absolute atomic E-state index is 0.116. The van der Waals surface area contributed by atoms with Crippen molar-refractivity contribution in [3.05, 3.63) is 29.3 Å². The number of hydrogen-bond donors (Lipinski definition) is 2. The lowest BCUT2D eigenvalue weighted by Gasteiger charge is -2.21. The first kappa shape index (κ1) is 18.3. The molecule has 120 valence electrons. The summed E-state index contributed by atoms with van der Waals surface area (Å²) in [5.41, 5.74) is 2.61. The highest BCUT2D eigenvalue weighted by molar-refractivity contribution is 7.98. The molecule has 0 spiro atoms. The van der Waals surface area contributed by atoms with Gasteiger partial charge in [-0.05, 0) is 50.1 Å². The first-order valence-electron chi connectivity index (χ1n) is 7.45. The van der Waals surface area contributed by atoms with Crippen LogP contribution in [0.4, 0.5) is 0 Å². The first-order valence-corrected chi connectivity index (χ1v) is 8.60. The van der Waals surface area contributed by atoms with Crippen molar-refractivity contribution in [1.82, 2.24) is 5.32 Å². The molecular weight excluding hydrogens is 282 g/mol. The molecule has 4 heteroatoms. The van der Waals surface area contributed by atoms with Gasteiger partial charge in [-0.3, -0.25) is 0 Å². The Morgan fingerprint density at radius 2 is 2.05 bits per heavy atom. The molecule has 1 aromatic carbocycles. The zero-order chi connectivity index (χ0) is 15.9. The SMILES string of the molecule is COc1ccc(CNC(C)(C)C)cc1CSCC(C)CO. The number of hydrogen-bond acceptors (Lipinski definition) is 4. The molecule has 0 fully saturated rings. The van der Waals surface area contributed by atoms with Crippen LogP contribution in [0.2, 0.25) is 0 Å². The van der Waals surface area contributed by atoms with Crippen LogP contribution in [-0.4, -0.2) is 30.1 Å². The Hall–Kier alpha value is -0.710. The average molecular weight is 311 g/mol. The van der Waals surface area contributed by atoms with Crippen LogP contribution < -0.4 is 10.1 Å². The van der Waals surface area contributed by atoms with Crippen LogP contribution >= 0.6 is 11.8 Å². The molecule has 1 rings (SSSR count). The molecule has 0 radical (unpaired) electrons. The van der Waals surface area contributed by atoms with Gasteiger partial charge in [0.15, 0.2) is 0 Å². The third kappa shape index (κ3) is 7.21. The molecule has 0 saturated heterocycles. The second-order valence-electron chi connectivity index (χ2n) is 6.55. The maximum absolute atomic E-state index is 9.08. The van der Waals surface area contributed by atoms with E-state index in [1.54, 1.807) is 7.11 Å². The van der Waals surface area contributed by atoms with Gasteiger partial charge in [-0.15, -0.1) is 0 Å². The van der Waals surface area contributed by atoms with E-state index in [1.165, 1.54) is 11.1 Å². The van der Waals surface area contributed by atoms with E-state index < -0.39 is 0 Å². The molecule has 0 saturated carbocycles. The molecule has 0 heterocycles. The van der Waals surface area contributed by atoms with Gasteiger partial charge in [-0.25, -0.2) is 0 Å². The van der Waals surface area contributed by atoms with Crippen molar-refractivity contribution in [2.24, 2.45) is 5.92 Å². The Labute approximate surface area is 133 Å². The minimum atomic E-state index is 0.116. The molecule has 1 unspecified atom stereocenters. The molecule has 2 N–H and O–H groups in total. The summed E-state index contributed by atoms with van der Waals surface area (Å²) >= 11 is 1.84. The normalized spacial score (nSPS) is 13.2. The number of aliphatic hydroxyl groups is 1. The van der Waals surface area contributed by atoms with Crippen LogP contribution in [0.25, 0.3) is 0 Å². The predicted octanol–water partition coefficient (Wildman–Crippen LogP) is 3.44. The maximum Gasteiger partial charge on any atom is 0.122 e. The lowest BCUT2D eigenvalue weighted by atomic mass is 10.1. The van der Waals surface area contributed by atoms with Crippen LogP contribution in [0.1, 0.15) is 38.8 Å². The molecule has 0 amide bonds. The molecule has 0 aliphatic rings. The predicted molar refractivity (Wildman–Crippen MR) is 92.0 cm³/mol. The fraction of sp³-hybridized carbons (Fsp3) is 0.647. The second-order valence-corrected chi connectivity index (χ2v) is 7.58. The summed E-state index contributed by atoms with van der Waals surface area (Å²) < 4.78 is 5.45. The van der Waals surface area contributed by atoms with Crippen molar-refractivity contribution in [3.63, 3.8) is 0 Å². The highest BCUT2D eigenvalue weighted by Crippen LogP contribution is 2.25. The monoisotopic (exact) mass is 311 g/mol. The third-order valence-electron chi connectivity index (χ3n) is 3.14. The van der Waals surface area contributed by atoms with Crippen molar-refractivity contribution in [2.45, 2.75) is 45.5 Å². The van der Waals surface area contributed by atoms with Gasteiger partial charge < -0.3 is 15.2 Å². The summed E-state index contributed by atoms with van der Waals surface area (Å²) in [5, 5.41) is 12.6. The number of aliphatic hydroxyl groups excluding tert-OH is 1. The van der Waals surface area contributed by atoms with E-state index in [-0.39, 0.29) is 12.1 Å². The number of methoxy groups -OCH3 is 1. The van der Waals surface area contributed by atoms with Crippen molar-refractivity contribution < 1.29 is 9.84 Å². The van der Waals surface area contributed by atoms with Gasteiger partial charge >= 0.3 is 0 Å². The summed E-state index contributed by atoms with van der Waals surface area (Å²) in [6, 6.07) is 6.38. The van der Waals surface area contributed by atoms with Gasteiger partial charge in [-0.2, -0.15) is 11.8 Å². The second kappa shape index (κ2) is 8.66. The van der Waals surface area contributed by atoms with E-state index >= 15 is 0 Å². The number of benzene rings is 1. The average Bonchev–Trinajstić information content (AvgIpc) is 2.44. The third-order valence-corrected chi connectivity index (χ3v) is 4.46. The van der Waals surface area contributed by atoms with Crippen LogP contribution in [0, 0.1) is 5.92 Å². The summed E-state index contributed by atoms with van der Waals surface area (Å²) in [6.45, 7) is 9.68. The van der Waals surface area contributed by atoms with Crippen LogP contribution in [0.3, 0.4) is 0 Å². The van der Waals surface area contributed by atoms with E-state index in [1.807, 2.05) is 17.8 Å². The molecule has 1 atom stereocenters. The molecule has 21 heavy (non-hydrogen) atoms. The van der Waals surface area contributed by atoms with E-state index in [9.17, 15) is 0 Å². The van der Waals surface area contributed by atoms with Crippen molar-refractivity contribution in [1.29, 1.82) is 0 Å². The molecular formula is C17H29NO2S. The van der Waals surface area contributed by atoms with Gasteiger partial charge in [0.05, 0.1) is 7.11 Å². The fourth-order valence-electron chi connectivity index (χ4n) is 1.84. The Kier molecular flexibility index (Phi) is 7.57. The summed E-state index contributed by atoms with van der Waals surface area (Å²) in [4.78, 5) is 0. The Bertz CT molecular complexity index is 429. The smallest absolute Gasteiger partial charge is 0.122 e. The maximum atomic E-state index is 9.08. The first-order chi connectivity index (χ1) is 9.85. The van der Waals surface area contributed by atoms with E-state index in [0.29, 0.717) is 5.92 Å². The van der Waals surface area contributed by atoms with E-state index in [0.717, 1.165) is 23.8 Å². The van der Waals surface area contributed by atoms with Gasteiger partial charge in [0, 0.05) is 30.0 Å². The van der Waals surface area contributed by atoms with Crippen LogP contribution in [0.15, 0.2) is 18.2 Å². The number of ether oxygens (including phenoxy) is 1. The standard InChI is InChI=1S/C17H29NO2S/c1-13(10-19)11-21-12-15-8-14(6-7-16(15)20-5)9-18-17(2,3)4/h6-8,13,18-19H,9-12H2,1-5H3. The van der Waals surface area contributed by atoms with Gasteiger partial charge in [0.25, 0.3) is 0 Å². The molecule has 3 nitrogen and oxygen atoms in total. The number of thioether (sulfide) groups is 1. The summed E-state index contributed by atoms with van der Waals surface area (Å²) in [6.07, 6.45) is 0. The molecule has 1 aromatic rings. The Balaban J connectivity index is 2.67. The highest BCUT2D eigenvalue weighted by atomic mass is 32.2. The molecule has 0 aromatic heterocycles. The lowest BCUT2D eigenvalue weighted by Crippen LogP contribution is -2.35. The van der Waals surface area contributed by atoms with Crippen LogP contribution in [0.5, 0.6) is 5.75 Å². The largest absolute Gasteiger partial charge is 0.496 e. The number of nitrogens with one attached hydrogen (secondary N) is 1. The Morgan fingerprint density at radius 1 is 1.33 bits per heavy atom. The van der Waals surface area contributed by atoms with Crippen LogP contribution in [-0.2, 0) is 12.3 Å². The van der Waals surface area contributed by atoms with Crippen molar-refractivity contribution in [2.75, 3.05) is 19.5 Å². The van der Waals surface area contributed by atoms with Crippen molar-refractivity contribution >= 4 is 11.8 Å². The number of rotatable bonds is 8. The van der Waals surface area contributed by atoms with Gasteiger partial charge in [-0.1, -0.05) is 13.0 Å². The van der Waals surface area contributed by atoms with Gasteiger partial charge in [0.2, 0.25) is 0 Å². The summed E-state index contributed by atoms with van der Waals surface area (Å²) in [5.74, 6) is 3.16. The zero-order valence-electron chi connectivity index (χ0n) is 13.9. The summed E-state index contributed by atoms with van der Waals surface area (Å²) in [7, 11) is 1.72. The molecule has 0 aliphatic heterocycles. The lowest BCUT2D eigenvalue weighted by molar-refractivity contribution is 0.250. The molecule has 0 aliphatic carbocycles.